The number of hydrogen-bond donors (Lipinski definition) is 2. The molecule has 0 aliphatic rings. The topological polar surface area (TPSA) is 110 Å². The Hall–Kier alpha value is -2.71. The lowest BCUT2D eigenvalue weighted by Crippen LogP contribution is -2.23. The molecule has 2 aromatic rings. The smallest absolute Gasteiger partial charge is 0.255 e. The summed E-state index contributed by atoms with van der Waals surface area (Å²) in [5, 5.41) is 2.68. The molecule has 0 radical (unpaired) electrons. The first-order chi connectivity index (χ1) is 11.7. The number of hydrogen-bond acceptors (Lipinski definition) is 4. The average Bonchev–Trinajstić information content (AvgIpc) is 2.56. The number of para-hydroxylation sites is 1. The van der Waals surface area contributed by atoms with E-state index < -0.39 is 21.8 Å². The van der Waals surface area contributed by atoms with Gasteiger partial charge in [-0.15, -0.1) is 0 Å². The Balaban J connectivity index is 2.30. The molecule has 2 rings (SSSR count). The average molecular weight is 361 g/mol. The molecule has 0 bridgehead atoms. The van der Waals surface area contributed by atoms with Gasteiger partial charge in [-0.1, -0.05) is 24.3 Å². The fourth-order valence-corrected chi connectivity index (χ4v) is 3.14. The predicted molar refractivity (Wildman–Crippen MR) is 94.6 cm³/mol. The highest BCUT2D eigenvalue weighted by Gasteiger charge is 2.19. The number of anilines is 1. The molecule has 0 spiro atoms. The van der Waals surface area contributed by atoms with Gasteiger partial charge in [0.25, 0.3) is 5.91 Å². The molecule has 0 saturated carbocycles. The highest BCUT2D eigenvalue weighted by Crippen LogP contribution is 2.19. The number of carbonyl (C=O) groups excluding carboxylic acids is 2. The molecule has 25 heavy (non-hydrogen) atoms. The van der Waals surface area contributed by atoms with E-state index in [2.05, 4.69) is 5.32 Å². The van der Waals surface area contributed by atoms with Gasteiger partial charge in [0.2, 0.25) is 15.9 Å². The van der Waals surface area contributed by atoms with E-state index in [1.165, 1.54) is 38.4 Å². The Morgan fingerprint density at radius 1 is 1.08 bits per heavy atom. The van der Waals surface area contributed by atoms with Crippen LogP contribution in [-0.2, 0) is 21.2 Å². The maximum absolute atomic E-state index is 12.5. The van der Waals surface area contributed by atoms with E-state index in [9.17, 15) is 18.0 Å². The van der Waals surface area contributed by atoms with Crippen LogP contribution in [0.1, 0.15) is 15.9 Å². The van der Waals surface area contributed by atoms with Crippen molar-refractivity contribution in [2.45, 2.75) is 11.3 Å². The van der Waals surface area contributed by atoms with E-state index in [1.807, 2.05) is 0 Å². The quantitative estimate of drug-likeness (QED) is 0.806. The second-order valence-corrected chi connectivity index (χ2v) is 7.72. The molecule has 3 N–H and O–H groups in total. The van der Waals surface area contributed by atoms with E-state index in [4.69, 9.17) is 5.73 Å². The lowest BCUT2D eigenvalue weighted by molar-refractivity contribution is -0.117. The third-order valence-electron chi connectivity index (χ3n) is 3.51. The minimum absolute atomic E-state index is 0.00843. The van der Waals surface area contributed by atoms with Gasteiger partial charge < -0.3 is 11.1 Å². The van der Waals surface area contributed by atoms with E-state index in [1.54, 1.807) is 24.3 Å². The first-order valence-electron chi connectivity index (χ1n) is 7.42. The Morgan fingerprint density at radius 2 is 1.76 bits per heavy atom. The molecular formula is C17H19N3O4S. The first kappa shape index (κ1) is 18.6. The lowest BCUT2D eigenvalue weighted by atomic mass is 10.1. The van der Waals surface area contributed by atoms with Crippen molar-refractivity contribution in [2.24, 2.45) is 5.73 Å². The number of nitrogens with zero attached hydrogens (tertiary/aromatic N) is 1. The highest BCUT2D eigenvalue weighted by atomic mass is 32.2. The Bertz CT molecular complexity index is 908. The van der Waals surface area contributed by atoms with Gasteiger partial charge in [0, 0.05) is 25.3 Å². The van der Waals surface area contributed by atoms with Crippen molar-refractivity contribution >= 4 is 27.5 Å². The summed E-state index contributed by atoms with van der Waals surface area (Å²) in [6, 6.07) is 12.5. The summed E-state index contributed by atoms with van der Waals surface area (Å²) in [7, 11) is -0.800. The van der Waals surface area contributed by atoms with Crippen molar-refractivity contribution in [1.29, 1.82) is 0 Å². The molecule has 0 aliphatic carbocycles. The minimum Gasteiger partial charge on any atom is -0.369 e. The van der Waals surface area contributed by atoms with Gasteiger partial charge in [0.05, 0.1) is 11.3 Å². The molecule has 7 nitrogen and oxygen atoms in total. The zero-order valence-electron chi connectivity index (χ0n) is 13.9. The van der Waals surface area contributed by atoms with Crippen molar-refractivity contribution < 1.29 is 18.0 Å². The highest BCUT2D eigenvalue weighted by molar-refractivity contribution is 7.89. The SMILES string of the molecule is CN(C)S(=O)(=O)c1cccc(C(=O)Nc2ccccc2CC(N)=O)c1. The van der Waals surface area contributed by atoms with Crippen LogP contribution in [0.4, 0.5) is 5.69 Å². The van der Waals surface area contributed by atoms with E-state index in [-0.39, 0.29) is 16.9 Å². The Kier molecular flexibility index (Phi) is 5.55. The van der Waals surface area contributed by atoms with Crippen LogP contribution >= 0.6 is 0 Å². The molecule has 0 aromatic heterocycles. The maximum atomic E-state index is 12.5. The third kappa shape index (κ3) is 4.43. The van der Waals surface area contributed by atoms with Crippen LogP contribution in [0.3, 0.4) is 0 Å². The fourth-order valence-electron chi connectivity index (χ4n) is 2.19. The van der Waals surface area contributed by atoms with Gasteiger partial charge in [-0.05, 0) is 29.8 Å². The van der Waals surface area contributed by atoms with Crippen LogP contribution in [-0.4, -0.2) is 38.6 Å². The minimum atomic E-state index is -3.64. The van der Waals surface area contributed by atoms with Crippen molar-refractivity contribution in [3.8, 4) is 0 Å². The molecular weight excluding hydrogens is 342 g/mol. The number of rotatable bonds is 6. The van der Waals surface area contributed by atoms with Crippen LogP contribution in [0, 0.1) is 0 Å². The van der Waals surface area contributed by atoms with Crippen LogP contribution < -0.4 is 11.1 Å². The normalized spacial score (nSPS) is 11.3. The second kappa shape index (κ2) is 7.45. The summed E-state index contributed by atoms with van der Waals surface area (Å²) < 4.78 is 25.4. The van der Waals surface area contributed by atoms with Gasteiger partial charge in [0.1, 0.15) is 0 Å². The zero-order chi connectivity index (χ0) is 18.6. The van der Waals surface area contributed by atoms with Gasteiger partial charge in [-0.3, -0.25) is 9.59 Å². The molecule has 132 valence electrons. The fraction of sp³-hybridized carbons (Fsp3) is 0.176. The summed E-state index contributed by atoms with van der Waals surface area (Å²) in [5.74, 6) is -0.992. The zero-order valence-corrected chi connectivity index (χ0v) is 14.7. The number of amides is 2. The summed E-state index contributed by atoms with van der Waals surface area (Å²) in [6.45, 7) is 0. The summed E-state index contributed by atoms with van der Waals surface area (Å²) in [6.07, 6.45) is -0.00843. The van der Waals surface area contributed by atoms with Crippen LogP contribution in [0.5, 0.6) is 0 Å². The van der Waals surface area contributed by atoms with E-state index >= 15 is 0 Å². The number of primary amides is 1. The molecule has 0 unspecified atom stereocenters. The predicted octanol–water partition coefficient (Wildman–Crippen LogP) is 1.22. The number of nitrogens with one attached hydrogen (secondary N) is 1. The molecule has 2 amide bonds. The Morgan fingerprint density at radius 3 is 2.40 bits per heavy atom. The first-order valence-corrected chi connectivity index (χ1v) is 8.86. The molecule has 0 aliphatic heterocycles. The monoisotopic (exact) mass is 361 g/mol. The van der Waals surface area contributed by atoms with Crippen molar-refractivity contribution in [1.82, 2.24) is 4.31 Å². The molecule has 8 heteroatoms. The number of benzene rings is 2. The standard InChI is InChI=1S/C17H19N3O4S/c1-20(2)25(23,24)14-8-5-7-13(10-14)17(22)19-15-9-4-3-6-12(15)11-16(18)21/h3-10H,11H2,1-2H3,(H2,18,21)(H,19,22). The second-order valence-electron chi connectivity index (χ2n) is 5.57. The van der Waals surface area contributed by atoms with E-state index in [0.29, 0.717) is 11.3 Å². The summed E-state index contributed by atoms with van der Waals surface area (Å²) in [5.41, 5.74) is 6.43. The number of nitrogens with two attached hydrogens (primary N) is 1. The summed E-state index contributed by atoms with van der Waals surface area (Å²) >= 11 is 0. The largest absolute Gasteiger partial charge is 0.369 e. The molecule has 0 heterocycles. The van der Waals surface area contributed by atoms with Crippen LogP contribution in [0.2, 0.25) is 0 Å². The summed E-state index contributed by atoms with van der Waals surface area (Å²) in [4.78, 5) is 23.6. The van der Waals surface area contributed by atoms with Crippen molar-refractivity contribution in [3.05, 3.63) is 59.7 Å². The maximum Gasteiger partial charge on any atom is 0.255 e. The molecule has 0 saturated heterocycles. The lowest BCUT2D eigenvalue weighted by Gasteiger charge is -2.13. The van der Waals surface area contributed by atoms with Crippen LogP contribution in [0.25, 0.3) is 0 Å². The van der Waals surface area contributed by atoms with E-state index in [0.717, 1.165) is 4.31 Å². The number of sulfonamides is 1. The van der Waals surface area contributed by atoms with Gasteiger partial charge in [-0.2, -0.15) is 0 Å². The van der Waals surface area contributed by atoms with Crippen molar-refractivity contribution in [2.75, 3.05) is 19.4 Å². The number of carbonyl (C=O) groups is 2. The Labute approximate surface area is 146 Å². The third-order valence-corrected chi connectivity index (χ3v) is 5.32. The molecule has 0 fully saturated rings. The van der Waals surface area contributed by atoms with Gasteiger partial charge in [0.15, 0.2) is 0 Å². The van der Waals surface area contributed by atoms with Crippen molar-refractivity contribution in [3.63, 3.8) is 0 Å². The van der Waals surface area contributed by atoms with Gasteiger partial charge in [-0.25, -0.2) is 12.7 Å². The molecule has 0 atom stereocenters. The van der Waals surface area contributed by atoms with Crippen LogP contribution in [0.15, 0.2) is 53.4 Å². The molecule has 2 aromatic carbocycles. The van der Waals surface area contributed by atoms with Gasteiger partial charge >= 0.3 is 0 Å².